The van der Waals surface area contributed by atoms with Gasteiger partial charge in [0.2, 0.25) is 0 Å². The molecular weight excluding hydrogens is 304 g/mol. The molecule has 1 fully saturated rings. The van der Waals surface area contributed by atoms with Crippen LogP contribution in [-0.2, 0) is 0 Å². The standard InChI is InChI=1S/C14H15BrN4/c15-11-3-1-10(2-4-11)13-5-6-14(19-18-13)17-12-7-8-16-9-12/h1-6,12,16H,7-9H2,(H,17,19). The first-order valence-corrected chi connectivity index (χ1v) is 7.17. The quantitative estimate of drug-likeness (QED) is 0.913. The molecule has 3 rings (SSSR count). The first-order valence-electron chi connectivity index (χ1n) is 6.38. The van der Waals surface area contributed by atoms with Crippen molar-refractivity contribution in [2.24, 2.45) is 0 Å². The lowest BCUT2D eigenvalue weighted by Gasteiger charge is -2.11. The number of halogens is 1. The third-order valence-corrected chi connectivity index (χ3v) is 3.75. The van der Waals surface area contributed by atoms with Crippen molar-refractivity contribution >= 4 is 21.7 Å². The van der Waals surface area contributed by atoms with Crippen LogP contribution >= 0.6 is 15.9 Å². The maximum atomic E-state index is 4.27. The van der Waals surface area contributed by atoms with Crippen molar-refractivity contribution in [3.8, 4) is 11.3 Å². The second-order valence-electron chi connectivity index (χ2n) is 4.64. The van der Waals surface area contributed by atoms with E-state index in [4.69, 9.17) is 0 Å². The number of nitrogens with one attached hydrogen (secondary N) is 2. The fourth-order valence-corrected chi connectivity index (χ4v) is 2.44. The zero-order valence-electron chi connectivity index (χ0n) is 10.4. The summed E-state index contributed by atoms with van der Waals surface area (Å²) < 4.78 is 1.07. The van der Waals surface area contributed by atoms with Gasteiger partial charge in [-0.3, -0.25) is 0 Å². The molecule has 98 valence electrons. The highest BCUT2D eigenvalue weighted by Crippen LogP contribution is 2.20. The summed E-state index contributed by atoms with van der Waals surface area (Å²) in [6.45, 7) is 2.07. The molecule has 1 aliphatic rings. The Hall–Kier alpha value is -1.46. The predicted octanol–water partition coefficient (Wildman–Crippen LogP) is 2.68. The van der Waals surface area contributed by atoms with Crippen LogP contribution < -0.4 is 10.6 Å². The fraction of sp³-hybridized carbons (Fsp3) is 0.286. The number of anilines is 1. The van der Waals surface area contributed by atoms with Crippen LogP contribution in [0.3, 0.4) is 0 Å². The number of hydrogen-bond acceptors (Lipinski definition) is 4. The molecule has 1 atom stereocenters. The minimum atomic E-state index is 0.466. The van der Waals surface area contributed by atoms with Crippen molar-refractivity contribution in [1.29, 1.82) is 0 Å². The molecule has 0 bridgehead atoms. The summed E-state index contributed by atoms with van der Waals surface area (Å²) in [7, 11) is 0. The van der Waals surface area contributed by atoms with Crippen LogP contribution in [-0.4, -0.2) is 29.3 Å². The van der Waals surface area contributed by atoms with Crippen LogP contribution in [0.5, 0.6) is 0 Å². The van der Waals surface area contributed by atoms with E-state index in [1.54, 1.807) is 0 Å². The van der Waals surface area contributed by atoms with Crippen molar-refractivity contribution in [1.82, 2.24) is 15.5 Å². The minimum Gasteiger partial charge on any atom is -0.365 e. The summed E-state index contributed by atoms with van der Waals surface area (Å²) in [5.41, 5.74) is 1.97. The van der Waals surface area contributed by atoms with Crippen LogP contribution in [0, 0.1) is 0 Å². The van der Waals surface area contributed by atoms with E-state index in [1.807, 2.05) is 36.4 Å². The summed E-state index contributed by atoms with van der Waals surface area (Å²) in [6.07, 6.45) is 1.14. The molecule has 0 aliphatic carbocycles. The summed E-state index contributed by atoms with van der Waals surface area (Å²) in [5.74, 6) is 0.842. The Labute approximate surface area is 120 Å². The van der Waals surface area contributed by atoms with Gasteiger partial charge < -0.3 is 10.6 Å². The van der Waals surface area contributed by atoms with Gasteiger partial charge in [-0.15, -0.1) is 10.2 Å². The van der Waals surface area contributed by atoms with E-state index in [9.17, 15) is 0 Å². The van der Waals surface area contributed by atoms with Crippen molar-refractivity contribution in [3.05, 3.63) is 40.9 Å². The van der Waals surface area contributed by atoms with Crippen molar-refractivity contribution < 1.29 is 0 Å². The Bertz CT molecular complexity index is 532. The smallest absolute Gasteiger partial charge is 0.148 e. The highest BCUT2D eigenvalue weighted by atomic mass is 79.9. The topological polar surface area (TPSA) is 49.8 Å². The van der Waals surface area contributed by atoms with Gasteiger partial charge in [0, 0.05) is 22.6 Å². The van der Waals surface area contributed by atoms with Crippen molar-refractivity contribution in [2.75, 3.05) is 18.4 Å². The molecule has 2 N–H and O–H groups in total. The minimum absolute atomic E-state index is 0.466. The Balaban J connectivity index is 1.72. The van der Waals surface area contributed by atoms with Gasteiger partial charge in [0.25, 0.3) is 0 Å². The maximum absolute atomic E-state index is 4.27. The van der Waals surface area contributed by atoms with Crippen molar-refractivity contribution in [2.45, 2.75) is 12.5 Å². The molecule has 1 aromatic heterocycles. The van der Waals surface area contributed by atoms with Crippen LogP contribution in [0.1, 0.15) is 6.42 Å². The van der Waals surface area contributed by atoms with Gasteiger partial charge in [-0.25, -0.2) is 0 Å². The molecule has 1 aliphatic heterocycles. The molecule has 1 aromatic carbocycles. The van der Waals surface area contributed by atoms with Gasteiger partial charge in [-0.1, -0.05) is 28.1 Å². The molecule has 0 saturated carbocycles. The lowest BCUT2D eigenvalue weighted by atomic mass is 10.1. The highest BCUT2D eigenvalue weighted by Gasteiger charge is 2.14. The van der Waals surface area contributed by atoms with Gasteiger partial charge in [0.1, 0.15) is 5.82 Å². The zero-order valence-corrected chi connectivity index (χ0v) is 12.0. The maximum Gasteiger partial charge on any atom is 0.148 e. The van der Waals surface area contributed by atoms with E-state index >= 15 is 0 Å². The second kappa shape index (κ2) is 5.67. The van der Waals surface area contributed by atoms with Gasteiger partial charge in [-0.05, 0) is 37.2 Å². The van der Waals surface area contributed by atoms with Crippen LogP contribution in [0.4, 0.5) is 5.82 Å². The molecule has 2 heterocycles. The Morgan fingerprint density at radius 2 is 1.95 bits per heavy atom. The van der Waals surface area contributed by atoms with E-state index in [0.717, 1.165) is 41.1 Å². The first-order chi connectivity index (χ1) is 9.31. The largest absolute Gasteiger partial charge is 0.365 e. The number of hydrogen-bond donors (Lipinski definition) is 2. The number of nitrogens with zero attached hydrogens (tertiary/aromatic N) is 2. The zero-order chi connectivity index (χ0) is 13.1. The molecule has 4 nitrogen and oxygen atoms in total. The summed E-state index contributed by atoms with van der Waals surface area (Å²) in [6, 6.07) is 12.5. The van der Waals surface area contributed by atoms with Crippen molar-refractivity contribution in [3.63, 3.8) is 0 Å². The van der Waals surface area contributed by atoms with Crippen LogP contribution in [0.25, 0.3) is 11.3 Å². The molecular formula is C14H15BrN4. The average Bonchev–Trinajstić information content (AvgIpc) is 2.94. The number of aromatic nitrogens is 2. The number of benzene rings is 1. The van der Waals surface area contributed by atoms with E-state index in [2.05, 4.69) is 36.8 Å². The Morgan fingerprint density at radius 1 is 1.11 bits per heavy atom. The van der Waals surface area contributed by atoms with Crippen LogP contribution in [0.15, 0.2) is 40.9 Å². The monoisotopic (exact) mass is 318 g/mol. The third-order valence-electron chi connectivity index (χ3n) is 3.22. The normalized spacial score (nSPS) is 18.5. The Morgan fingerprint density at radius 3 is 2.58 bits per heavy atom. The molecule has 1 unspecified atom stereocenters. The Kier molecular flexibility index (Phi) is 3.75. The third kappa shape index (κ3) is 3.11. The fourth-order valence-electron chi connectivity index (χ4n) is 2.17. The van der Waals surface area contributed by atoms with Crippen LogP contribution in [0.2, 0.25) is 0 Å². The van der Waals surface area contributed by atoms with E-state index in [0.29, 0.717) is 6.04 Å². The van der Waals surface area contributed by atoms with E-state index in [1.165, 1.54) is 0 Å². The SMILES string of the molecule is Brc1ccc(-c2ccc(NC3CCNC3)nn2)cc1. The van der Waals surface area contributed by atoms with E-state index < -0.39 is 0 Å². The summed E-state index contributed by atoms with van der Waals surface area (Å²) in [5, 5.41) is 15.2. The molecule has 0 spiro atoms. The second-order valence-corrected chi connectivity index (χ2v) is 5.56. The van der Waals surface area contributed by atoms with Gasteiger partial charge in [0.05, 0.1) is 5.69 Å². The average molecular weight is 319 g/mol. The molecule has 5 heteroatoms. The lowest BCUT2D eigenvalue weighted by Crippen LogP contribution is -2.22. The molecule has 1 saturated heterocycles. The lowest BCUT2D eigenvalue weighted by molar-refractivity contribution is 0.783. The molecule has 0 radical (unpaired) electrons. The summed E-state index contributed by atoms with van der Waals surface area (Å²) in [4.78, 5) is 0. The molecule has 0 amide bonds. The first kappa shape index (κ1) is 12.6. The van der Waals surface area contributed by atoms with Gasteiger partial charge in [-0.2, -0.15) is 0 Å². The molecule has 2 aromatic rings. The van der Waals surface area contributed by atoms with E-state index in [-0.39, 0.29) is 0 Å². The predicted molar refractivity (Wildman–Crippen MR) is 80.1 cm³/mol. The number of rotatable bonds is 3. The summed E-state index contributed by atoms with van der Waals surface area (Å²) >= 11 is 3.43. The molecule has 19 heavy (non-hydrogen) atoms. The van der Waals surface area contributed by atoms with Gasteiger partial charge >= 0.3 is 0 Å². The van der Waals surface area contributed by atoms with Gasteiger partial charge in [0.15, 0.2) is 0 Å². The highest BCUT2D eigenvalue weighted by molar-refractivity contribution is 9.10.